The van der Waals surface area contributed by atoms with Crippen LogP contribution in [0.25, 0.3) is 11.1 Å². The second-order valence-corrected chi connectivity index (χ2v) is 8.35. The van der Waals surface area contributed by atoms with Crippen molar-refractivity contribution in [3.63, 3.8) is 0 Å². The highest BCUT2D eigenvalue weighted by atomic mass is 127. The predicted octanol–water partition coefficient (Wildman–Crippen LogP) is 4.70. The van der Waals surface area contributed by atoms with Crippen molar-refractivity contribution in [2.24, 2.45) is 0 Å². The summed E-state index contributed by atoms with van der Waals surface area (Å²) < 4.78 is 10.9. The molecular weight excluding hydrogens is 533 g/mol. The topological polar surface area (TPSA) is 102 Å². The van der Waals surface area contributed by atoms with Crippen LogP contribution in [0.2, 0.25) is 0 Å². The molecule has 0 aliphatic carbocycles. The summed E-state index contributed by atoms with van der Waals surface area (Å²) in [5, 5.41) is 14.5. The summed E-state index contributed by atoms with van der Waals surface area (Å²) in [6.07, 6.45) is 0. The van der Waals surface area contributed by atoms with Crippen molar-refractivity contribution in [2.45, 2.75) is 6.92 Å². The number of carbonyl (C=O) groups excluding carboxylic acids is 3. The number of benzene rings is 2. The van der Waals surface area contributed by atoms with Gasteiger partial charge in [-0.15, -0.1) is 11.3 Å². The van der Waals surface area contributed by atoms with Crippen molar-refractivity contribution in [1.29, 1.82) is 0 Å². The number of nitrogens with one attached hydrogen (secondary N) is 1. The number of phenols is 1. The number of hydrogen-bond acceptors (Lipinski definition) is 7. The monoisotopic (exact) mass is 551 g/mol. The number of aromatic hydroxyl groups is 1. The molecule has 0 saturated carbocycles. The van der Waals surface area contributed by atoms with Crippen molar-refractivity contribution in [1.82, 2.24) is 0 Å². The van der Waals surface area contributed by atoms with Gasteiger partial charge in [0.2, 0.25) is 0 Å². The number of esters is 2. The van der Waals surface area contributed by atoms with E-state index in [1.807, 2.05) is 52.9 Å². The molecule has 160 valence electrons. The van der Waals surface area contributed by atoms with Crippen molar-refractivity contribution < 1.29 is 29.0 Å². The number of phenolic OH excluding ortho intramolecular Hbond substituents is 1. The first-order chi connectivity index (χ1) is 14.9. The largest absolute Gasteiger partial charge is 0.507 e. The molecule has 2 N–H and O–H groups in total. The van der Waals surface area contributed by atoms with Crippen LogP contribution in [0.5, 0.6) is 5.75 Å². The van der Waals surface area contributed by atoms with Crippen LogP contribution in [0, 0.1) is 3.57 Å². The molecule has 3 rings (SSSR count). The van der Waals surface area contributed by atoms with Crippen LogP contribution >= 0.6 is 33.9 Å². The van der Waals surface area contributed by atoms with E-state index in [9.17, 15) is 19.5 Å². The van der Waals surface area contributed by atoms with E-state index in [1.54, 1.807) is 18.4 Å². The van der Waals surface area contributed by atoms with Gasteiger partial charge in [-0.25, -0.2) is 9.59 Å². The van der Waals surface area contributed by atoms with Gasteiger partial charge in [-0.2, -0.15) is 0 Å². The van der Waals surface area contributed by atoms with Gasteiger partial charge in [0, 0.05) is 14.5 Å². The first-order valence-corrected chi connectivity index (χ1v) is 11.2. The second kappa shape index (κ2) is 10.4. The van der Waals surface area contributed by atoms with Crippen molar-refractivity contribution >= 4 is 56.8 Å². The van der Waals surface area contributed by atoms with Crippen molar-refractivity contribution in [3.05, 3.63) is 68.6 Å². The number of carbonyl (C=O) groups is 3. The van der Waals surface area contributed by atoms with Gasteiger partial charge < -0.3 is 19.9 Å². The lowest BCUT2D eigenvalue weighted by atomic mass is 10.0. The Balaban J connectivity index is 1.75. The molecule has 0 saturated heterocycles. The molecule has 1 amide bonds. The Morgan fingerprint density at radius 3 is 2.52 bits per heavy atom. The van der Waals surface area contributed by atoms with E-state index in [0.29, 0.717) is 10.6 Å². The second-order valence-electron chi connectivity index (χ2n) is 6.23. The molecular formula is C22H18INO6S. The Bertz CT molecular complexity index is 1110. The SMILES string of the molecule is CCOC(=O)c1c(-c2ccccc2)csc1NC(=O)COC(=O)c1cc(I)ccc1O. The summed E-state index contributed by atoms with van der Waals surface area (Å²) in [7, 11) is 0. The number of ether oxygens (including phenoxy) is 2. The van der Waals surface area contributed by atoms with Gasteiger partial charge in [-0.05, 0) is 53.3 Å². The van der Waals surface area contributed by atoms with E-state index in [-0.39, 0.29) is 23.5 Å². The number of halogens is 1. The first kappa shape index (κ1) is 22.8. The normalized spacial score (nSPS) is 10.4. The molecule has 0 radical (unpaired) electrons. The van der Waals surface area contributed by atoms with Crippen LogP contribution < -0.4 is 5.32 Å². The molecule has 0 atom stereocenters. The van der Waals surface area contributed by atoms with E-state index < -0.39 is 24.5 Å². The fourth-order valence-electron chi connectivity index (χ4n) is 2.73. The van der Waals surface area contributed by atoms with E-state index in [2.05, 4.69) is 5.32 Å². The Morgan fingerprint density at radius 2 is 1.81 bits per heavy atom. The maximum Gasteiger partial charge on any atom is 0.342 e. The molecule has 2 aromatic carbocycles. The average Bonchev–Trinajstić information content (AvgIpc) is 3.18. The van der Waals surface area contributed by atoms with E-state index in [4.69, 9.17) is 9.47 Å². The lowest BCUT2D eigenvalue weighted by molar-refractivity contribution is -0.119. The van der Waals surface area contributed by atoms with Gasteiger partial charge in [0.05, 0.1) is 6.61 Å². The molecule has 1 aromatic heterocycles. The van der Waals surface area contributed by atoms with Gasteiger partial charge in [0.25, 0.3) is 5.91 Å². The quantitative estimate of drug-likeness (QED) is 0.326. The van der Waals surface area contributed by atoms with Gasteiger partial charge in [0.1, 0.15) is 21.9 Å². The number of thiophene rings is 1. The lowest BCUT2D eigenvalue weighted by Crippen LogP contribution is -2.22. The zero-order chi connectivity index (χ0) is 22.4. The van der Waals surface area contributed by atoms with Crippen LogP contribution in [0.3, 0.4) is 0 Å². The van der Waals surface area contributed by atoms with E-state index in [0.717, 1.165) is 9.13 Å². The average molecular weight is 551 g/mol. The van der Waals surface area contributed by atoms with Gasteiger partial charge in [-0.3, -0.25) is 4.79 Å². The minimum absolute atomic E-state index is 0.0330. The number of amides is 1. The third-order valence-corrected chi connectivity index (χ3v) is 5.69. The number of hydrogen-bond donors (Lipinski definition) is 2. The third kappa shape index (κ3) is 5.61. The zero-order valence-corrected chi connectivity index (χ0v) is 19.4. The first-order valence-electron chi connectivity index (χ1n) is 9.20. The Kier molecular flexibility index (Phi) is 7.64. The van der Waals surface area contributed by atoms with E-state index in [1.165, 1.54) is 23.5 Å². The Hall–Kier alpha value is -2.92. The van der Waals surface area contributed by atoms with Gasteiger partial charge in [0.15, 0.2) is 6.61 Å². The molecule has 3 aromatic rings. The predicted molar refractivity (Wildman–Crippen MR) is 125 cm³/mol. The fourth-order valence-corrected chi connectivity index (χ4v) is 4.19. The molecule has 7 nitrogen and oxygen atoms in total. The van der Waals surface area contributed by atoms with Crippen LogP contribution in [0.15, 0.2) is 53.9 Å². The molecule has 0 bridgehead atoms. The van der Waals surface area contributed by atoms with Gasteiger partial charge in [-0.1, -0.05) is 30.3 Å². The minimum Gasteiger partial charge on any atom is -0.507 e. The molecule has 0 spiro atoms. The highest BCUT2D eigenvalue weighted by Crippen LogP contribution is 2.36. The summed E-state index contributed by atoms with van der Waals surface area (Å²) in [6, 6.07) is 13.7. The van der Waals surface area contributed by atoms with Crippen LogP contribution in [0.1, 0.15) is 27.6 Å². The molecule has 0 fully saturated rings. The highest BCUT2D eigenvalue weighted by molar-refractivity contribution is 14.1. The van der Waals surface area contributed by atoms with E-state index >= 15 is 0 Å². The summed E-state index contributed by atoms with van der Waals surface area (Å²) in [5.41, 5.74) is 1.66. The smallest absolute Gasteiger partial charge is 0.342 e. The number of rotatable bonds is 7. The van der Waals surface area contributed by atoms with Gasteiger partial charge >= 0.3 is 11.9 Å². The molecule has 1 heterocycles. The standard InChI is InChI=1S/C22H18INO6S/c1-2-29-22(28)19-16(13-6-4-3-5-7-13)12-31-20(19)24-18(26)11-30-21(27)15-10-14(23)8-9-17(15)25/h3-10,12,25H,2,11H2,1H3,(H,24,26). The molecule has 0 aliphatic heterocycles. The number of anilines is 1. The highest BCUT2D eigenvalue weighted by Gasteiger charge is 2.23. The lowest BCUT2D eigenvalue weighted by Gasteiger charge is -2.10. The Labute approximate surface area is 196 Å². The summed E-state index contributed by atoms with van der Waals surface area (Å²) in [5.74, 6) is -2.24. The summed E-state index contributed by atoms with van der Waals surface area (Å²) >= 11 is 3.17. The molecule has 0 aliphatic rings. The minimum atomic E-state index is -0.826. The van der Waals surface area contributed by atoms with Crippen LogP contribution in [0.4, 0.5) is 5.00 Å². The molecule has 9 heteroatoms. The fraction of sp³-hybridized carbons (Fsp3) is 0.136. The molecule has 0 unspecified atom stereocenters. The maximum absolute atomic E-state index is 12.5. The van der Waals surface area contributed by atoms with Crippen molar-refractivity contribution in [2.75, 3.05) is 18.5 Å². The zero-order valence-electron chi connectivity index (χ0n) is 16.4. The summed E-state index contributed by atoms with van der Waals surface area (Å²) in [6.45, 7) is 1.31. The third-order valence-electron chi connectivity index (χ3n) is 4.12. The Morgan fingerprint density at radius 1 is 1.06 bits per heavy atom. The molecule has 31 heavy (non-hydrogen) atoms. The summed E-state index contributed by atoms with van der Waals surface area (Å²) in [4.78, 5) is 37.1. The van der Waals surface area contributed by atoms with Crippen LogP contribution in [-0.4, -0.2) is 36.2 Å². The maximum atomic E-state index is 12.5. The van der Waals surface area contributed by atoms with Crippen molar-refractivity contribution in [3.8, 4) is 16.9 Å². The van der Waals surface area contributed by atoms with Crippen LogP contribution in [-0.2, 0) is 14.3 Å².